The molecule has 1 aliphatic heterocycles. The fourth-order valence-electron chi connectivity index (χ4n) is 3.01. The van der Waals surface area contributed by atoms with Gasteiger partial charge in [0.05, 0.1) is 4.34 Å². The maximum absolute atomic E-state index is 12.7. The zero-order valence-electron chi connectivity index (χ0n) is 14.5. The molecule has 0 unspecified atom stereocenters. The first-order valence-electron chi connectivity index (χ1n) is 7.89. The molecule has 27 heavy (non-hydrogen) atoms. The molecule has 12 heteroatoms. The first-order chi connectivity index (χ1) is 12.7. The van der Waals surface area contributed by atoms with Gasteiger partial charge in [0.25, 0.3) is 15.6 Å². The van der Waals surface area contributed by atoms with Crippen molar-refractivity contribution < 1.29 is 8.42 Å². The minimum atomic E-state index is -3.65. The third kappa shape index (κ3) is 3.29. The van der Waals surface area contributed by atoms with Gasteiger partial charge in [-0.2, -0.15) is 9.57 Å². The highest BCUT2D eigenvalue weighted by Gasteiger charge is 2.31. The van der Waals surface area contributed by atoms with Gasteiger partial charge in [-0.05, 0) is 12.1 Å². The summed E-state index contributed by atoms with van der Waals surface area (Å²) in [5.74, 6) is 0.210. The molecule has 0 N–H and O–H groups in total. The molecule has 0 aliphatic carbocycles. The summed E-state index contributed by atoms with van der Waals surface area (Å²) in [5, 5.41) is 9.38. The number of thiophene rings is 1. The van der Waals surface area contributed by atoms with Crippen molar-refractivity contribution in [2.45, 2.75) is 4.21 Å². The predicted molar refractivity (Wildman–Crippen MR) is 102 cm³/mol. The van der Waals surface area contributed by atoms with Crippen LogP contribution in [0.4, 0.5) is 5.82 Å². The van der Waals surface area contributed by atoms with Crippen molar-refractivity contribution in [3.8, 4) is 6.07 Å². The van der Waals surface area contributed by atoms with Crippen LogP contribution in [-0.4, -0.2) is 48.0 Å². The Morgan fingerprint density at radius 3 is 2.26 bits per heavy atom. The van der Waals surface area contributed by atoms with Gasteiger partial charge in [0.15, 0.2) is 5.56 Å². The topological polar surface area (TPSA) is 108 Å². The second-order valence-electron chi connectivity index (χ2n) is 5.97. The number of sulfonamides is 1. The zero-order valence-corrected chi connectivity index (χ0v) is 16.9. The summed E-state index contributed by atoms with van der Waals surface area (Å²) < 4.78 is 29.4. The molecule has 0 amide bonds. The molecule has 0 aromatic carbocycles. The molecule has 0 saturated carbocycles. The summed E-state index contributed by atoms with van der Waals surface area (Å²) in [6.45, 7) is 0.805. The van der Waals surface area contributed by atoms with E-state index in [0.717, 1.165) is 15.9 Å². The van der Waals surface area contributed by atoms with Crippen LogP contribution in [0.2, 0.25) is 4.34 Å². The maximum atomic E-state index is 12.7. The summed E-state index contributed by atoms with van der Waals surface area (Å²) in [7, 11) is -0.862. The van der Waals surface area contributed by atoms with Gasteiger partial charge in [0, 0.05) is 40.3 Å². The number of halogens is 1. The maximum Gasteiger partial charge on any atom is 0.332 e. The smallest absolute Gasteiger partial charge is 0.332 e. The summed E-state index contributed by atoms with van der Waals surface area (Å²) in [5.41, 5.74) is -1.35. The van der Waals surface area contributed by atoms with Crippen molar-refractivity contribution >= 4 is 38.8 Å². The number of hydrogen-bond donors (Lipinski definition) is 0. The molecule has 3 rings (SSSR count). The van der Waals surface area contributed by atoms with Gasteiger partial charge in [-0.15, -0.1) is 11.3 Å². The predicted octanol–water partition coefficient (Wildman–Crippen LogP) is 0.181. The van der Waals surface area contributed by atoms with E-state index < -0.39 is 21.3 Å². The van der Waals surface area contributed by atoms with E-state index in [1.54, 1.807) is 4.90 Å². The van der Waals surface area contributed by atoms with Crippen LogP contribution in [-0.2, 0) is 24.1 Å². The van der Waals surface area contributed by atoms with Gasteiger partial charge in [0.2, 0.25) is 0 Å². The van der Waals surface area contributed by atoms with Crippen LogP contribution in [0.25, 0.3) is 0 Å². The molecule has 144 valence electrons. The van der Waals surface area contributed by atoms with Crippen molar-refractivity contribution in [1.29, 1.82) is 5.26 Å². The van der Waals surface area contributed by atoms with Crippen molar-refractivity contribution in [2.24, 2.45) is 14.1 Å². The van der Waals surface area contributed by atoms with Crippen molar-refractivity contribution in [1.82, 2.24) is 13.4 Å². The molecule has 1 fully saturated rings. The van der Waals surface area contributed by atoms with Crippen LogP contribution in [0.15, 0.2) is 25.9 Å². The summed E-state index contributed by atoms with van der Waals surface area (Å²) in [6, 6.07) is 4.86. The van der Waals surface area contributed by atoms with Gasteiger partial charge in [-0.1, -0.05) is 11.6 Å². The number of anilines is 1. The molecule has 3 heterocycles. The fourth-order valence-corrected chi connectivity index (χ4v) is 6.06. The second-order valence-corrected chi connectivity index (χ2v) is 9.85. The Labute approximate surface area is 164 Å². The Kier molecular flexibility index (Phi) is 5.18. The first-order valence-corrected chi connectivity index (χ1v) is 10.5. The Hall–Kier alpha value is -2.13. The molecule has 9 nitrogen and oxygen atoms in total. The van der Waals surface area contributed by atoms with Crippen LogP contribution in [0, 0.1) is 11.3 Å². The SMILES string of the molecule is Cn1c(N2CCN(S(=O)(=O)c3ccc(Cl)s3)CC2)c(C#N)c(=O)n(C)c1=O. The van der Waals surface area contributed by atoms with E-state index in [2.05, 4.69) is 0 Å². The first kappa shape index (κ1) is 19.6. The quantitative estimate of drug-likeness (QED) is 0.688. The average molecular weight is 430 g/mol. The molecular weight excluding hydrogens is 414 g/mol. The van der Waals surface area contributed by atoms with E-state index in [1.165, 1.54) is 35.1 Å². The molecular formula is C15H16ClN5O4S2. The number of piperazine rings is 1. The number of nitriles is 1. The van der Waals surface area contributed by atoms with Crippen LogP contribution < -0.4 is 16.1 Å². The molecule has 1 aliphatic rings. The van der Waals surface area contributed by atoms with Gasteiger partial charge in [-0.25, -0.2) is 13.2 Å². The molecule has 1 saturated heterocycles. The van der Waals surface area contributed by atoms with Crippen molar-refractivity contribution in [2.75, 3.05) is 31.1 Å². The highest BCUT2D eigenvalue weighted by Crippen LogP contribution is 2.29. The van der Waals surface area contributed by atoms with Crippen LogP contribution in [0.3, 0.4) is 0 Å². The summed E-state index contributed by atoms with van der Waals surface area (Å²) >= 11 is 6.82. The number of hydrogen-bond acceptors (Lipinski definition) is 7. The van der Waals surface area contributed by atoms with Crippen molar-refractivity contribution in [3.63, 3.8) is 0 Å². The Morgan fingerprint density at radius 2 is 1.74 bits per heavy atom. The average Bonchev–Trinajstić information content (AvgIpc) is 3.10. The van der Waals surface area contributed by atoms with Gasteiger partial charge >= 0.3 is 5.69 Å². The highest BCUT2D eigenvalue weighted by atomic mass is 35.5. The van der Waals surface area contributed by atoms with Crippen molar-refractivity contribution in [3.05, 3.63) is 42.9 Å². The normalized spacial score (nSPS) is 15.7. The van der Waals surface area contributed by atoms with E-state index in [-0.39, 0.29) is 41.8 Å². The summed E-state index contributed by atoms with van der Waals surface area (Å²) in [6.07, 6.45) is 0. The number of rotatable bonds is 3. The lowest BCUT2D eigenvalue weighted by Gasteiger charge is -2.35. The van der Waals surface area contributed by atoms with E-state index in [1.807, 2.05) is 6.07 Å². The standard InChI is InChI=1S/C15H16ClN5O4S2/c1-18-13(10(9-17)14(22)19(2)15(18)23)20-5-7-21(8-6-20)27(24,25)12-4-3-11(16)26-12/h3-4H,5-8H2,1-2H3. The van der Waals surface area contributed by atoms with E-state index >= 15 is 0 Å². The van der Waals surface area contributed by atoms with E-state index in [4.69, 9.17) is 11.6 Å². The third-order valence-electron chi connectivity index (χ3n) is 4.43. The Bertz CT molecular complexity index is 1150. The van der Waals surface area contributed by atoms with Crippen LogP contribution in [0.5, 0.6) is 0 Å². The lowest BCUT2D eigenvalue weighted by atomic mass is 10.2. The van der Waals surface area contributed by atoms with Gasteiger partial charge in [-0.3, -0.25) is 13.9 Å². The number of nitrogens with zero attached hydrogens (tertiary/aromatic N) is 5. The molecule has 0 spiro atoms. The third-order valence-corrected chi connectivity index (χ3v) is 8.02. The molecule has 0 atom stereocenters. The zero-order chi connectivity index (χ0) is 19.9. The fraction of sp³-hybridized carbons (Fsp3) is 0.400. The van der Waals surface area contributed by atoms with Crippen LogP contribution >= 0.6 is 22.9 Å². The lowest BCUT2D eigenvalue weighted by Crippen LogP contribution is -2.51. The van der Waals surface area contributed by atoms with Crippen LogP contribution in [0.1, 0.15) is 5.56 Å². The molecule has 0 bridgehead atoms. The lowest BCUT2D eigenvalue weighted by molar-refractivity contribution is 0.382. The Balaban J connectivity index is 1.90. The highest BCUT2D eigenvalue weighted by molar-refractivity contribution is 7.91. The van der Waals surface area contributed by atoms with Gasteiger partial charge < -0.3 is 4.90 Å². The molecule has 2 aromatic heterocycles. The summed E-state index contributed by atoms with van der Waals surface area (Å²) in [4.78, 5) is 26.1. The van der Waals surface area contributed by atoms with E-state index in [0.29, 0.717) is 4.34 Å². The minimum absolute atomic E-state index is 0.138. The number of aromatic nitrogens is 2. The Morgan fingerprint density at radius 1 is 1.11 bits per heavy atom. The second kappa shape index (κ2) is 7.12. The van der Waals surface area contributed by atoms with Gasteiger partial charge in [0.1, 0.15) is 16.1 Å². The minimum Gasteiger partial charge on any atom is -0.354 e. The monoisotopic (exact) mass is 429 g/mol. The molecule has 0 radical (unpaired) electrons. The van der Waals surface area contributed by atoms with E-state index in [9.17, 15) is 23.3 Å². The largest absolute Gasteiger partial charge is 0.354 e. The molecule has 2 aromatic rings.